The molecule has 0 saturated heterocycles. The molecule has 4 fully saturated rings. The lowest BCUT2D eigenvalue weighted by atomic mass is 9.48. The number of benzene rings is 3. The molecule has 8 aliphatic carbocycles. The number of hydrogen-bond donors (Lipinski definition) is 0. The van der Waals surface area contributed by atoms with Gasteiger partial charge in [-0.1, -0.05) is 38.1 Å². The van der Waals surface area contributed by atoms with Crippen molar-refractivity contribution in [2.24, 2.45) is 35.5 Å². The van der Waals surface area contributed by atoms with Crippen LogP contribution in [0.1, 0.15) is 129 Å². The summed E-state index contributed by atoms with van der Waals surface area (Å²) >= 11 is 0. The van der Waals surface area contributed by atoms with E-state index in [-0.39, 0.29) is 0 Å². The highest BCUT2D eigenvalue weighted by atomic mass is 14.7. The Morgan fingerprint density at radius 1 is 0.450 bits per heavy atom. The molecule has 3 aromatic rings. The molecule has 202 valence electrons. The maximum absolute atomic E-state index is 2.74. The number of rotatable bonds is 0. The SMILES string of the molecule is Cc1c(C)c(C)c2c(c1C)C1C3CC(C4c5cc6c(cc5C34)CCc3cc4c(cc3-6)C3C5CC(C(C)C5C)C43)C21. The Hall–Kier alpha value is -2.34. The van der Waals surface area contributed by atoms with Crippen molar-refractivity contribution in [2.45, 2.75) is 103 Å². The maximum Gasteiger partial charge on any atom is -0.00498 e. The van der Waals surface area contributed by atoms with Gasteiger partial charge < -0.3 is 0 Å². The van der Waals surface area contributed by atoms with Crippen LogP contribution < -0.4 is 0 Å². The molecule has 4 bridgehead atoms. The van der Waals surface area contributed by atoms with E-state index in [1.165, 1.54) is 25.7 Å². The molecule has 40 heavy (non-hydrogen) atoms. The van der Waals surface area contributed by atoms with Gasteiger partial charge in [-0.15, -0.1) is 0 Å². The van der Waals surface area contributed by atoms with E-state index in [1.54, 1.807) is 77.9 Å². The summed E-state index contributed by atoms with van der Waals surface area (Å²) in [4.78, 5) is 0. The van der Waals surface area contributed by atoms with Gasteiger partial charge >= 0.3 is 0 Å². The van der Waals surface area contributed by atoms with Crippen molar-refractivity contribution >= 4 is 0 Å². The first kappa shape index (κ1) is 22.3. The third-order valence-corrected chi connectivity index (χ3v) is 15.7. The van der Waals surface area contributed by atoms with Gasteiger partial charge in [0.2, 0.25) is 0 Å². The summed E-state index contributed by atoms with van der Waals surface area (Å²) in [5.41, 5.74) is 23.6. The van der Waals surface area contributed by atoms with Gasteiger partial charge in [0, 0.05) is 0 Å². The van der Waals surface area contributed by atoms with Crippen LogP contribution in [0.15, 0.2) is 24.3 Å². The molecule has 0 aliphatic heterocycles. The van der Waals surface area contributed by atoms with Gasteiger partial charge in [0.25, 0.3) is 0 Å². The Kier molecular flexibility index (Phi) is 3.71. The van der Waals surface area contributed by atoms with Crippen LogP contribution >= 0.6 is 0 Å². The van der Waals surface area contributed by atoms with E-state index in [4.69, 9.17) is 0 Å². The lowest BCUT2D eigenvalue weighted by Gasteiger charge is -2.55. The van der Waals surface area contributed by atoms with Crippen LogP contribution in [0, 0.1) is 63.2 Å². The van der Waals surface area contributed by atoms with Crippen molar-refractivity contribution in [3.8, 4) is 11.1 Å². The highest BCUT2D eigenvalue weighted by Crippen LogP contribution is 2.80. The summed E-state index contributed by atoms with van der Waals surface area (Å²) in [6, 6.07) is 10.9. The van der Waals surface area contributed by atoms with Crippen LogP contribution in [0.2, 0.25) is 0 Å². The van der Waals surface area contributed by atoms with Crippen LogP contribution in [0.5, 0.6) is 0 Å². The molecule has 0 N–H and O–H groups in total. The smallest absolute Gasteiger partial charge is 0.00498 e. The molecular formula is C40H42. The third kappa shape index (κ3) is 2.10. The quantitative estimate of drug-likeness (QED) is 0.258. The Balaban J connectivity index is 1.00. The van der Waals surface area contributed by atoms with Crippen molar-refractivity contribution < 1.29 is 0 Å². The van der Waals surface area contributed by atoms with Crippen molar-refractivity contribution in [1.29, 1.82) is 0 Å². The second-order valence-corrected chi connectivity index (χ2v) is 16.1. The fourth-order valence-electron chi connectivity index (χ4n) is 13.5. The summed E-state index contributed by atoms with van der Waals surface area (Å²) in [6.07, 6.45) is 5.47. The third-order valence-electron chi connectivity index (χ3n) is 15.7. The van der Waals surface area contributed by atoms with E-state index in [2.05, 4.69) is 65.8 Å². The highest BCUT2D eigenvalue weighted by molar-refractivity contribution is 5.79. The van der Waals surface area contributed by atoms with E-state index in [0.717, 1.165) is 71.0 Å². The lowest BCUT2D eigenvalue weighted by Crippen LogP contribution is -2.43. The first-order valence-electron chi connectivity index (χ1n) is 16.8. The number of aryl methyl sites for hydroxylation is 2. The number of fused-ring (bicyclic) bond motifs is 25. The average Bonchev–Trinajstić information content (AvgIpc) is 3.61. The van der Waals surface area contributed by atoms with Crippen LogP contribution in [-0.2, 0) is 12.8 Å². The van der Waals surface area contributed by atoms with E-state index in [1.807, 2.05) is 0 Å². The Morgan fingerprint density at radius 2 is 0.825 bits per heavy atom. The monoisotopic (exact) mass is 522 g/mol. The maximum atomic E-state index is 2.74. The van der Waals surface area contributed by atoms with Crippen LogP contribution in [0.3, 0.4) is 0 Å². The normalized spacial score (nSPS) is 42.4. The molecule has 3 aromatic carbocycles. The van der Waals surface area contributed by atoms with Gasteiger partial charge in [-0.05, 0) is 202 Å². The molecule has 0 radical (unpaired) electrons. The highest BCUT2D eigenvalue weighted by Gasteiger charge is 2.68. The molecule has 11 rings (SSSR count). The second-order valence-electron chi connectivity index (χ2n) is 16.1. The summed E-state index contributed by atoms with van der Waals surface area (Å²) in [5.74, 6) is 10.7. The van der Waals surface area contributed by atoms with Gasteiger partial charge in [0.15, 0.2) is 0 Å². The van der Waals surface area contributed by atoms with Crippen molar-refractivity contribution in [2.75, 3.05) is 0 Å². The minimum absolute atomic E-state index is 0.829. The standard InChI is InChI=1S/C40H42/c1-15-16(2)20(6)34-33(19(15)5)39-31-14-32(40(34)39)38-30-13-26-22(10-28(30)37(31)38)8-7-21-9-27-29(12-25(21)26)36-24-11-23(35(27)36)17(3)18(24)4/h9-10,12-13,17-18,23-24,31-32,35-40H,7-8,11,14H2,1-6H3. The van der Waals surface area contributed by atoms with Crippen LogP contribution in [-0.4, -0.2) is 0 Å². The summed E-state index contributed by atoms with van der Waals surface area (Å²) in [5, 5.41) is 0. The topological polar surface area (TPSA) is 0 Å². The second kappa shape index (κ2) is 6.66. The summed E-state index contributed by atoms with van der Waals surface area (Å²) in [7, 11) is 0. The number of hydrogen-bond acceptors (Lipinski definition) is 0. The largest absolute Gasteiger partial charge is 0.0620 e. The molecule has 12 unspecified atom stereocenters. The summed E-state index contributed by atoms with van der Waals surface area (Å²) < 4.78 is 0. The minimum atomic E-state index is 0.829. The minimum Gasteiger partial charge on any atom is -0.0620 e. The molecule has 0 spiro atoms. The van der Waals surface area contributed by atoms with E-state index in [0.29, 0.717) is 0 Å². The first-order valence-corrected chi connectivity index (χ1v) is 16.8. The van der Waals surface area contributed by atoms with Crippen LogP contribution in [0.4, 0.5) is 0 Å². The van der Waals surface area contributed by atoms with E-state index >= 15 is 0 Å². The zero-order valence-corrected chi connectivity index (χ0v) is 25.1. The van der Waals surface area contributed by atoms with Gasteiger partial charge in [-0.2, -0.15) is 0 Å². The van der Waals surface area contributed by atoms with Crippen molar-refractivity contribution in [1.82, 2.24) is 0 Å². The summed E-state index contributed by atoms with van der Waals surface area (Å²) in [6.45, 7) is 14.7. The average molecular weight is 523 g/mol. The Morgan fingerprint density at radius 3 is 1.27 bits per heavy atom. The fraction of sp³-hybridized carbons (Fsp3) is 0.550. The first-order chi connectivity index (χ1) is 19.3. The molecule has 0 aromatic heterocycles. The molecule has 12 atom stereocenters. The Bertz CT molecular complexity index is 1750. The van der Waals surface area contributed by atoms with Gasteiger partial charge in [-0.3, -0.25) is 0 Å². The fourth-order valence-corrected chi connectivity index (χ4v) is 13.5. The molecule has 0 heteroatoms. The molecular weight excluding hydrogens is 480 g/mol. The van der Waals surface area contributed by atoms with Gasteiger partial charge in [0.1, 0.15) is 0 Å². The van der Waals surface area contributed by atoms with Crippen molar-refractivity contribution in [3.63, 3.8) is 0 Å². The predicted molar refractivity (Wildman–Crippen MR) is 163 cm³/mol. The van der Waals surface area contributed by atoms with E-state index < -0.39 is 0 Å². The van der Waals surface area contributed by atoms with Crippen molar-refractivity contribution in [3.05, 3.63) is 91.0 Å². The molecule has 4 saturated carbocycles. The zero-order chi connectivity index (χ0) is 26.7. The molecule has 0 heterocycles. The van der Waals surface area contributed by atoms with E-state index in [9.17, 15) is 0 Å². The van der Waals surface area contributed by atoms with Crippen LogP contribution in [0.25, 0.3) is 11.1 Å². The Labute approximate surface area is 240 Å². The zero-order valence-electron chi connectivity index (χ0n) is 25.1. The molecule has 0 nitrogen and oxygen atoms in total. The molecule has 8 aliphatic rings. The van der Waals surface area contributed by atoms with Gasteiger partial charge in [0.05, 0.1) is 0 Å². The lowest BCUT2D eigenvalue weighted by molar-refractivity contribution is 0.181. The molecule has 0 amide bonds. The predicted octanol–water partition coefficient (Wildman–Crippen LogP) is 9.50. The van der Waals surface area contributed by atoms with Gasteiger partial charge in [-0.25, -0.2) is 0 Å².